The Kier molecular flexibility index (Phi) is 5.82. The minimum atomic E-state index is -0.659. The molecule has 0 atom stereocenters. The number of fused-ring (bicyclic) bond motifs is 1. The number of benzene rings is 2. The maximum atomic E-state index is 12.3. The molecule has 1 aliphatic rings. The van der Waals surface area contributed by atoms with E-state index in [9.17, 15) is 4.79 Å². The van der Waals surface area contributed by atoms with Crippen LogP contribution in [0.2, 0.25) is 10.0 Å². The van der Waals surface area contributed by atoms with E-state index < -0.39 is 6.09 Å². The summed E-state index contributed by atoms with van der Waals surface area (Å²) in [6, 6.07) is 16.7. The summed E-state index contributed by atoms with van der Waals surface area (Å²) < 4.78 is 2.22. The Morgan fingerprint density at radius 1 is 1.06 bits per heavy atom. The number of rotatable bonds is 3. The molecule has 0 radical (unpaired) electrons. The topological polar surface area (TPSA) is 55.6 Å². The molecule has 1 N–H and O–H groups in total. The highest BCUT2D eigenvalue weighted by atomic mass is 35.5. The molecular formula is C24H23Cl2N3O2. The zero-order valence-electron chi connectivity index (χ0n) is 17.6. The van der Waals surface area contributed by atoms with Crippen LogP contribution in [0, 0.1) is 12.3 Å². The first kappa shape index (κ1) is 21.5. The smallest absolute Gasteiger partial charge is 0.318 e. The molecule has 1 aromatic heterocycles. The van der Waals surface area contributed by atoms with Crippen LogP contribution in [0.3, 0.4) is 0 Å². The van der Waals surface area contributed by atoms with Gasteiger partial charge < -0.3 is 4.57 Å². The fraction of sp³-hybridized carbons (Fsp3) is 0.250. The summed E-state index contributed by atoms with van der Waals surface area (Å²) in [6.07, 6.45) is 0.926. The molecule has 7 heteroatoms. The van der Waals surface area contributed by atoms with Gasteiger partial charge in [0.2, 0.25) is 0 Å². The second-order valence-electron chi connectivity index (χ2n) is 8.53. The van der Waals surface area contributed by atoms with Gasteiger partial charge in [0.1, 0.15) is 0 Å². The lowest BCUT2D eigenvalue weighted by Crippen LogP contribution is -2.29. The SMILES string of the molecule is Cc1cc2c(n1-c1ccc(Cl)cc1)CC(C)(C)C/C2=N\OC(=O)Nc1cccc(Cl)c1. The predicted molar refractivity (Wildman–Crippen MR) is 126 cm³/mol. The molecule has 3 aromatic rings. The molecule has 0 saturated heterocycles. The van der Waals surface area contributed by atoms with E-state index in [0.717, 1.165) is 34.8 Å². The van der Waals surface area contributed by atoms with E-state index in [-0.39, 0.29) is 5.41 Å². The van der Waals surface area contributed by atoms with E-state index in [4.69, 9.17) is 28.0 Å². The molecule has 5 nitrogen and oxygen atoms in total. The number of nitrogens with zero attached hydrogens (tertiary/aromatic N) is 2. The van der Waals surface area contributed by atoms with Crippen molar-refractivity contribution in [2.75, 3.05) is 5.32 Å². The van der Waals surface area contributed by atoms with E-state index in [1.54, 1.807) is 24.3 Å². The molecule has 4 rings (SSSR count). The van der Waals surface area contributed by atoms with Crippen molar-refractivity contribution in [3.63, 3.8) is 0 Å². The lowest BCUT2D eigenvalue weighted by molar-refractivity contribution is 0.165. The van der Waals surface area contributed by atoms with Crippen LogP contribution < -0.4 is 5.32 Å². The Morgan fingerprint density at radius 2 is 1.81 bits per heavy atom. The zero-order valence-corrected chi connectivity index (χ0v) is 19.1. The van der Waals surface area contributed by atoms with Crippen LogP contribution in [-0.4, -0.2) is 16.4 Å². The lowest BCUT2D eigenvalue weighted by atomic mass is 9.76. The Morgan fingerprint density at radius 3 is 2.52 bits per heavy atom. The second kappa shape index (κ2) is 8.40. The van der Waals surface area contributed by atoms with Crippen molar-refractivity contribution in [2.24, 2.45) is 10.6 Å². The Balaban J connectivity index is 1.63. The first-order valence-corrected chi connectivity index (χ1v) is 10.8. The van der Waals surface area contributed by atoms with Crippen molar-refractivity contribution in [3.8, 4) is 5.69 Å². The fourth-order valence-electron chi connectivity index (χ4n) is 4.01. The maximum absolute atomic E-state index is 12.3. The van der Waals surface area contributed by atoms with Crippen molar-refractivity contribution in [3.05, 3.63) is 81.6 Å². The van der Waals surface area contributed by atoms with Crippen LogP contribution in [0.5, 0.6) is 0 Å². The number of amides is 1. The summed E-state index contributed by atoms with van der Waals surface area (Å²) in [5.74, 6) is 0. The number of halogens is 2. The normalized spacial score (nSPS) is 16.1. The van der Waals surface area contributed by atoms with Gasteiger partial charge in [-0.3, -0.25) is 10.2 Å². The van der Waals surface area contributed by atoms with Gasteiger partial charge in [0, 0.05) is 38.4 Å². The maximum Gasteiger partial charge on any atom is 0.437 e. The van der Waals surface area contributed by atoms with Gasteiger partial charge in [-0.25, -0.2) is 4.79 Å². The Hall–Kier alpha value is -2.76. The molecule has 2 aromatic carbocycles. The van der Waals surface area contributed by atoms with E-state index in [1.807, 2.05) is 24.3 Å². The highest BCUT2D eigenvalue weighted by Crippen LogP contribution is 2.38. The fourth-order valence-corrected chi connectivity index (χ4v) is 4.33. The van der Waals surface area contributed by atoms with E-state index in [0.29, 0.717) is 22.2 Å². The van der Waals surface area contributed by atoms with Crippen molar-refractivity contribution in [2.45, 2.75) is 33.6 Å². The van der Waals surface area contributed by atoms with E-state index in [2.05, 4.69) is 41.9 Å². The first-order valence-electron chi connectivity index (χ1n) is 10.00. The average molecular weight is 456 g/mol. The number of nitrogens with one attached hydrogen (secondary N) is 1. The van der Waals surface area contributed by atoms with Crippen molar-refractivity contribution >= 4 is 40.7 Å². The minimum absolute atomic E-state index is 0.0341. The van der Waals surface area contributed by atoms with Gasteiger partial charge in [-0.1, -0.05) is 48.3 Å². The third-order valence-electron chi connectivity index (χ3n) is 5.28. The standard InChI is InChI=1S/C24H23Cl2N3O2/c1-15-11-20-21(28-31-23(30)27-18-6-4-5-17(26)12-18)13-24(2,3)14-22(20)29(15)19-9-7-16(25)8-10-19/h4-12H,13-14H2,1-3H3,(H,27,30)/b28-21+. The van der Waals surface area contributed by atoms with Crippen molar-refractivity contribution in [1.29, 1.82) is 0 Å². The van der Waals surface area contributed by atoms with Crippen LogP contribution in [0.4, 0.5) is 10.5 Å². The van der Waals surface area contributed by atoms with Gasteiger partial charge in [0.15, 0.2) is 0 Å². The van der Waals surface area contributed by atoms with Gasteiger partial charge in [0.05, 0.1) is 5.71 Å². The third-order valence-corrected chi connectivity index (χ3v) is 5.77. The van der Waals surface area contributed by atoms with E-state index >= 15 is 0 Å². The summed E-state index contributed by atoms with van der Waals surface area (Å²) in [6.45, 7) is 6.43. The number of oxime groups is 1. The predicted octanol–water partition coefficient (Wildman–Crippen LogP) is 7.02. The molecular weight excluding hydrogens is 433 g/mol. The monoisotopic (exact) mass is 455 g/mol. The van der Waals surface area contributed by atoms with Crippen LogP contribution in [0.25, 0.3) is 5.69 Å². The van der Waals surface area contributed by atoms with Gasteiger partial charge in [-0.05, 0) is 73.7 Å². The second-order valence-corrected chi connectivity index (χ2v) is 9.40. The van der Waals surface area contributed by atoms with Crippen LogP contribution in [0.1, 0.15) is 37.2 Å². The molecule has 0 saturated carbocycles. The zero-order chi connectivity index (χ0) is 22.2. The first-order chi connectivity index (χ1) is 14.7. The number of anilines is 1. The quantitative estimate of drug-likeness (QED) is 0.340. The summed E-state index contributed by atoms with van der Waals surface area (Å²) in [5.41, 5.74) is 5.54. The minimum Gasteiger partial charge on any atom is -0.318 e. The van der Waals surface area contributed by atoms with Crippen molar-refractivity contribution in [1.82, 2.24) is 4.57 Å². The summed E-state index contributed by atoms with van der Waals surface area (Å²) in [4.78, 5) is 17.5. The van der Waals surface area contributed by atoms with Gasteiger partial charge in [-0.15, -0.1) is 0 Å². The third kappa shape index (κ3) is 4.78. The number of carbonyl (C=O) groups is 1. The molecule has 1 aliphatic carbocycles. The molecule has 1 heterocycles. The van der Waals surface area contributed by atoms with Crippen LogP contribution in [0.15, 0.2) is 59.8 Å². The highest BCUT2D eigenvalue weighted by Gasteiger charge is 2.33. The molecule has 1 amide bonds. The van der Waals surface area contributed by atoms with Crippen LogP contribution in [-0.2, 0) is 11.3 Å². The number of hydrogen-bond donors (Lipinski definition) is 1. The molecule has 160 valence electrons. The molecule has 0 fully saturated rings. The molecule has 0 spiro atoms. The number of hydrogen-bond acceptors (Lipinski definition) is 3. The van der Waals surface area contributed by atoms with Gasteiger partial charge in [-0.2, -0.15) is 0 Å². The number of carbonyl (C=O) groups excluding carboxylic acids is 1. The Labute approximate surface area is 191 Å². The van der Waals surface area contributed by atoms with Gasteiger partial charge in [0.25, 0.3) is 0 Å². The highest BCUT2D eigenvalue weighted by molar-refractivity contribution is 6.31. The summed E-state index contributed by atoms with van der Waals surface area (Å²) >= 11 is 12.0. The largest absolute Gasteiger partial charge is 0.437 e. The summed E-state index contributed by atoms with van der Waals surface area (Å²) in [7, 11) is 0. The van der Waals surface area contributed by atoms with E-state index in [1.165, 1.54) is 0 Å². The average Bonchev–Trinajstić information content (AvgIpc) is 3.01. The molecule has 31 heavy (non-hydrogen) atoms. The van der Waals surface area contributed by atoms with Crippen LogP contribution >= 0.6 is 23.2 Å². The molecule has 0 bridgehead atoms. The number of aromatic nitrogens is 1. The van der Waals surface area contributed by atoms with Crippen molar-refractivity contribution < 1.29 is 9.63 Å². The molecule has 0 aliphatic heterocycles. The lowest BCUT2D eigenvalue weighted by Gasteiger charge is -2.31. The Bertz CT molecular complexity index is 1160. The molecule has 0 unspecified atom stereocenters. The number of aryl methyl sites for hydroxylation is 1. The van der Waals surface area contributed by atoms with Gasteiger partial charge >= 0.3 is 6.09 Å². The summed E-state index contributed by atoms with van der Waals surface area (Å²) in [5, 5.41) is 8.11.